The van der Waals surface area contributed by atoms with Gasteiger partial charge in [0.1, 0.15) is 0 Å². The first kappa shape index (κ1) is 17.7. The van der Waals surface area contributed by atoms with Crippen LogP contribution in [0.2, 0.25) is 0 Å². The zero-order chi connectivity index (χ0) is 17.7. The summed E-state index contributed by atoms with van der Waals surface area (Å²) in [7, 11) is 0. The zero-order valence-electron chi connectivity index (χ0n) is 12.8. The third-order valence-electron chi connectivity index (χ3n) is 3.18. The van der Waals surface area contributed by atoms with Gasteiger partial charge in [-0.15, -0.1) is 0 Å². The Hall–Kier alpha value is -2.67. The third kappa shape index (κ3) is 4.42. The highest BCUT2D eigenvalue weighted by molar-refractivity contribution is 9.10. The van der Waals surface area contributed by atoms with Crippen molar-refractivity contribution in [2.45, 2.75) is 13.0 Å². The summed E-state index contributed by atoms with van der Waals surface area (Å²) in [5.74, 6) is -1.64. The number of ether oxygens (including phenoxy) is 1. The Labute approximate surface area is 147 Å². The van der Waals surface area contributed by atoms with Crippen molar-refractivity contribution in [2.24, 2.45) is 5.73 Å². The molecule has 24 heavy (non-hydrogen) atoms. The van der Waals surface area contributed by atoms with Crippen molar-refractivity contribution < 1.29 is 19.1 Å². The SMILES string of the molecule is C[C@@H](OC(=O)c1ccccc1Br)C(=O)Nc1ccc(C(N)=O)cc1. The molecule has 2 aromatic carbocycles. The van der Waals surface area contributed by atoms with Gasteiger partial charge < -0.3 is 15.8 Å². The van der Waals surface area contributed by atoms with Crippen molar-refractivity contribution in [3.63, 3.8) is 0 Å². The van der Waals surface area contributed by atoms with Crippen LogP contribution in [0.15, 0.2) is 53.0 Å². The van der Waals surface area contributed by atoms with E-state index in [2.05, 4.69) is 21.2 Å². The number of esters is 1. The number of hydrogen-bond donors (Lipinski definition) is 2. The summed E-state index contributed by atoms with van der Waals surface area (Å²) in [4.78, 5) is 35.2. The maximum absolute atomic E-state index is 12.1. The molecule has 0 saturated carbocycles. The predicted octanol–water partition coefficient (Wildman–Crippen LogP) is 2.73. The van der Waals surface area contributed by atoms with Gasteiger partial charge in [-0.25, -0.2) is 4.79 Å². The molecule has 2 amide bonds. The van der Waals surface area contributed by atoms with Crippen LogP contribution in [-0.4, -0.2) is 23.9 Å². The van der Waals surface area contributed by atoms with E-state index in [4.69, 9.17) is 10.5 Å². The summed E-state index contributed by atoms with van der Waals surface area (Å²) in [6.45, 7) is 1.47. The zero-order valence-corrected chi connectivity index (χ0v) is 14.4. The fourth-order valence-electron chi connectivity index (χ4n) is 1.87. The van der Waals surface area contributed by atoms with E-state index in [9.17, 15) is 14.4 Å². The molecule has 0 aliphatic carbocycles. The van der Waals surface area contributed by atoms with E-state index in [-0.39, 0.29) is 0 Å². The van der Waals surface area contributed by atoms with Crippen LogP contribution >= 0.6 is 15.9 Å². The molecule has 1 atom stereocenters. The van der Waals surface area contributed by atoms with Crippen LogP contribution in [0.25, 0.3) is 0 Å². The standard InChI is InChI=1S/C17H15BrN2O4/c1-10(24-17(23)13-4-2-3-5-14(13)18)16(22)20-12-8-6-11(7-9-12)15(19)21/h2-10H,1H3,(H2,19,21)(H,20,22)/t10-/m1/s1. The number of amides is 2. The Morgan fingerprint density at radius 3 is 2.29 bits per heavy atom. The van der Waals surface area contributed by atoms with Crippen LogP contribution in [0.3, 0.4) is 0 Å². The van der Waals surface area contributed by atoms with Gasteiger partial charge in [0.25, 0.3) is 5.91 Å². The fraction of sp³-hybridized carbons (Fsp3) is 0.118. The summed E-state index contributed by atoms with van der Waals surface area (Å²) < 4.78 is 5.75. The van der Waals surface area contributed by atoms with E-state index >= 15 is 0 Å². The molecule has 124 valence electrons. The number of nitrogens with two attached hydrogens (primary N) is 1. The maximum Gasteiger partial charge on any atom is 0.340 e. The van der Waals surface area contributed by atoms with Gasteiger partial charge in [-0.05, 0) is 59.3 Å². The van der Waals surface area contributed by atoms with Crippen LogP contribution in [0.5, 0.6) is 0 Å². The Kier molecular flexibility index (Phi) is 5.70. The van der Waals surface area contributed by atoms with E-state index in [1.54, 1.807) is 36.4 Å². The number of primary amides is 1. The molecule has 0 heterocycles. The molecule has 0 unspecified atom stereocenters. The first-order valence-corrected chi connectivity index (χ1v) is 7.84. The van der Waals surface area contributed by atoms with Gasteiger partial charge in [0.05, 0.1) is 5.56 Å². The molecule has 0 spiro atoms. The van der Waals surface area contributed by atoms with Gasteiger partial charge in [-0.1, -0.05) is 12.1 Å². The Bertz CT molecular complexity index is 774. The second-order valence-electron chi connectivity index (χ2n) is 4.96. The van der Waals surface area contributed by atoms with Crippen molar-refractivity contribution in [3.05, 3.63) is 64.1 Å². The molecule has 2 rings (SSSR count). The highest BCUT2D eigenvalue weighted by atomic mass is 79.9. The highest BCUT2D eigenvalue weighted by Gasteiger charge is 2.20. The summed E-state index contributed by atoms with van der Waals surface area (Å²) in [5.41, 5.74) is 6.29. The molecular weight excluding hydrogens is 376 g/mol. The van der Waals surface area contributed by atoms with Crippen LogP contribution in [0.1, 0.15) is 27.6 Å². The average Bonchev–Trinajstić information content (AvgIpc) is 2.55. The molecule has 0 fully saturated rings. The van der Waals surface area contributed by atoms with Gasteiger partial charge in [-0.2, -0.15) is 0 Å². The summed E-state index contributed by atoms with van der Waals surface area (Å²) in [6, 6.07) is 12.9. The number of hydrogen-bond acceptors (Lipinski definition) is 4. The van der Waals surface area contributed by atoms with E-state index in [1.165, 1.54) is 19.1 Å². The lowest BCUT2D eigenvalue weighted by molar-refractivity contribution is -0.123. The molecule has 0 bridgehead atoms. The number of carbonyl (C=O) groups excluding carboxylic acids is 3. The van der Waals surface area contributed by atoms with Crippen molar-refractivity contribution >= 4 is 39.4 Å². The Balaban J connectivity index is 1.98. The average molecular weight is 391 g/mol. The lowest BCUT2D eigenvalue weighted by Crippen LogP contribution is -2.30. The monoisotopic (exact) mass is 390 g/mol. The van der Waals surface area contributed by atoms with Gasteiger partial charge >= 0.3 is 5.97 Å². The molecule has 0 aliphatic heterocycles. The first-order chi connectivity index (χ1) is 11.4. The van der Waals surface area contributed by atoms with Crippen LogP contribution in [0.4, 0.5) is 5.69 Å². The molecule has 3 N–H and O–H groups in total. The van der Waals surface area contributed by atoms with Crippen LogP contribution < -0.4 is 11.1 Å². The second kappa shape index (κ2) is 7.74. The third-order valence-corrected chi connectivity index (χ3v) is 3.88. The summed E-state index contributed by atoms with van der Waals surface area (Å²) in [6.07, 6.45) is -0.986. The van der Waals surface area contributed by atoms with Crippen LogP contribution in [0, 0.1) is 0 Å². The largest absolute Gasteiger partial charge is 0.449 e. The fourth-order valence-corrected chi connectivity index (χ4v) is 2.31. The van der Waals surface area contributed by atoms with Gasteiger partial charge in [0.15, 0.2) is 6.10 Å². The van der Waals surface area contributed by atoms with Gasteiger partial charge in [0.2, 0.25) is 5.91 Å². The van der Waals surface area contributed by atoms with Crippen molar-refractivity contribution in [1.29, 1.82) is 0 Å². The predicted molar refractivity (Wildman–Crippen MR) is 92.6 cm³/mol. The molecule has 0 saturated heterocycles. The molecule has 7 heteroatoms. The maximum atomic E-state index is 12.1. The lowest BCUT2D eigenvalue weighted by Gasteiger charge is -2.14. The minimum absolute atomic E-state index is 0.335. The first-order valence-electron chi connectivity index (χ1n) is 7.04. The normalized spacial score (nSPS) is 11.4. The number of nitrogens with one attached hydrogen (secondary N) is 1. The van der Waals surface area contributed by atoms with Gasteiger partial charge in [-0.3, -0.25) is 9.59 Å². The summed E-state index contributed by atoms with van der Waals surface area (Å²) >= 11 is 3.26. The molecule has 0 aliphatic rings. The Morgan fingerprint density at radius 2 is 1.71 bits per heavy atom. The van der Waals surface area contributed by atoms with Crippen LogP contribution in [-0.2, 0) is 9.53 Å². The molecule has 0 radical (unpaired) electrons. The van der Waals surface area contributed by atoms with E-state index in [0.717, 1.165) is 0 Å². The number of rotatable bonds is 5. The number of anilines is 1. The highest BCUT2D eigenvalue weighted by Crippen LogP contribution is 2.18. The molecule has 2 aromatic rings. The molecule has 6 nitrogen and oxygen atoms in total. The Morgan fingerprint density at radius 1 is 1.08 bits per heavy atom. The van der Waals surface area contributed by atoms with Crippen molar-refractivity contribution in [3.8, 4) is 0 Å². The van der Waals surface area contributed by atoms with E-state index in [0.29, 0.717) is 21.3 Å². The minimum Gasteiger partial charge on any atom is -0.449 e. The smallest absolute Gasteiger partial charge is 0.340 e. The number of benzene rings is 2. The second-order valence-corrected chi connectivity index (χ2v) is 5.81. The minimum atomic E-state index is -0.986. The van der Waals surface area contributed by atoms with Gasteiger partial charge in [0, 0.05) is 15.7 Å². The van der Waals surface area contributed by atoms with Crippen molar-refractivity contribution in [1.82, 2.24) is 0 Å². The number of halogens is 1. The van der Waals surface area contributed by atoms with E-state index in [1.807, 2.05) is 0 Å². The quantitative estimate of drug-likeness (QED) is 0.766. The van der Waals surface area contributed by atoms with E-state index < -0.39 is 23.9 Å². The topological polar surface area (TPSA) is 98.5 Å². The lowest BCUT2D eigenvalue weighted by atomic mass is 10.2. The molecule has 0 aromatic heterocycles. The number of carbonyl (C=O) groups is 3. The summed E-state index contributed by atoms with van der Waals surface area (Å²) in [5, 5.41) is 2.60. The van der Waals surface area contributed by atoms with Crippen molar-refractivity contribution in [2.75, 3.05) is 5.32 Å². The molecular formula is C17H15BrN2O4.